The van der Waals surface area contributed by atoms with Crippen molar-refractivity contribution in [3.05, 3.63) is 59.4 Å². The van der Waals surface area contributed by atoms with E-state index in [0.29, 0.717) is 5.69 Å². The number of hydrogen-bond acceptors (Lipinski definition) is 3. The number of amides is 2. The van der Waals surface area contributed by atoms with Crippen molar-refractivity contribution >= 4 is 17.5 Å². The summed E-state index contributed by atoms with van der Waals surface area (Å²) in [7, 11) is 0. The Bertz CT molecular complexity index is 751. The zero-order chi connectivity index (χ0) is 17.1. The van der Waals surface area contributed by atoms with Gasteiger partial charge in [0.1, 0.15) is 5.69 Å². The molecule has 0 unspecified atom stereocenters. The standard InChI is InChI=1S/C19H21N3O2/c1-12-4-3-5-17(20-12)19(24)21-13(2)14-8-10-16(11-9-14)22-18(23)15-6-7-15/h3-5,8-11,13,15H,6-7H2,1-2H3,(H,21,24)(H,22,23)/t13-/m1/s1. The molecule has 5 nitrogen and oxygen atoms in total. The highest BCUT2D eigenvalue weighted by Gasteiger charge is 2.29. The van der Waals surface area contributed by atoms with Gasteiger partial charge in [-0.15, -0.1) is 0 Å². The van der Waals surface area contributed by atoms with Crippen molar-refractivity contribution in [3.8, 4) is 0 Å². The maximum Gasteiger partial charge on any atom is 0.270 e. The highest BCUT2D eigenvalue weighted by Crippen LogP contribution is 2.30. The minimum Gasteiger partial charge on any atom is -0.344 e. The molecule has 1 aromatic carbocycles. The van der Waals surface area contributed by atoms with Crippen LogP contribution in [0.2, 0.25) is 0 Å². The maximum atomic E-state index is 12.2. The molecule has 3 rings (SSSR count). The predicted octanol–water partition coefficient (Wildman–Crippen LogP) is 3.23. The Balaban J connectivity index is 1.61. The third-order valence-electron chi connectivity index (χ3n) is 4.09. The van der Waals surface area contributed by atoms with Crippen LogP contribution in [0.5, 0.6) is 0 Å². The molecule has 2 aromatic rings. The van der Waals surface area contributed by atoms with E-state index in [-0.39, 0.29) is 23.8 Å². The largest absolute Gasteiger partial charge is 0.344 e. The number of carbonyl (C=O) groups excluding carboxylic acids is 2. The topological polar surface area (TPSA) is 71.1 Å². The number of hydrogen-bond donors (Lipinski definition) is 2. The van der Waals surface area contributed by atoms with Gasteiger partial charge in [0.25, 0.3) is 5.91 Å². The highest BCUT2D eigenvalue weighted by atomic mass is 16.2. The van der Waals surface area contributed by atoms with Crippen molar-refractivity contribution < 1.29 is 9.59 Å². The van der Waals surface area contributed by atoms with Gasteiger partial charge >= 0.3 is 0 Å². The lowest BCUT2D eigenvalue weighted by atomic mass is 10.1. The fourth-order valence-corrected chi connectivity index (χ4v) is 2.47. The molecular weight excluding hydrogens is 302 g/mol. The first kappa shape index (κ1) is 16.2. The van der Waals surface area contributed by atoms with Crippen LogP contribution in [0.4, 0.5) is 5.69 Å². The van der Waals surface area contributed by atoms with Crippen molar-refractivity contribution in [2.24, 2.45) is 5.92 Å². The van der Waals surface area contributed by atoms with E-state index in [0.717, 1.165) is 29.8 Å². The lowest BCUT2D eigenvalue weighted by Gasteiger charge is -2.15. The van der Waals surface area contributed by atoms with Crippen LogP contribution in [0.3, 0.4) is 0 Å². The molecule has 1 fully saturated rings. The molecular formula is C19H21N3O2. The van der Waals surface area contributed by atoms with Gasteiger partial charge in [-0.25, -0.2) is 4.98 Å². The van der Waals surface area contributed by atoms with Crippen molar-refractivity contribution in [2.75, 3.05) is 5.32 Å². The minimum absolute atomic E-state index is 0.0922. The number of anilines is 1. The molecule has 1 heterocycles. The molecule has 0 aliphatic heterocycles. The van der Waals surface area contributed by atoms with Crippen molar-refractivity contribution in [3.63, 3.8) is 0 Å². The second kappa shape index (κ2) is 6.83. The van der Waals surface area contributed by atoms with Crippen LogP contribution in [0.1, 0.15) is 47.6 Å². The molecule has 2 amide bonds. The highest BCUT2D eigenvalue weighted by molar-refractivity contribution is 5.94. The summed E-state index contributed by atoms with van der Waals surface area (Å²) < 4.78 is 0. The number of aryl methyl sites for hydroxylation is 1. The number of pyridine rings is 1. The first-order chi connectivity index (χ1) is 11.5. The summed E-state index contributed by atoms with van der Waals surface area (Å²) in [5, 5.41) is 5.85. The van der Waals surface area contributed by atoms with Crippen molar-refractivity contribution in [1.82, 2.24) is 10.3 Å². The van der Waals surface area contributed by atoms with E-state index in [9.17, 15) is 9.59 Å². The molecule has 1 saturated carbocycles. The van der Waals surface area contributed by atoms with E-state index in [2.05, 4.69) is 15.6 Å². The van der Waals surface area contributed by atoms with Gasteiger partial charge in [-0.05, 0) is 56.5 Å². The zero-order valence-electron chi connectivity index (χ0n) is 13.9. The van der Waals surface area contributed by atoms with E-state index in [4.69, 9.17) is 0 Å². The third kappa shape index (κ3) is 3.98. The van der Waals surface area contributed by atoms with Crippen LogP contribution in [0.15, 0.2) is 42.5 Å². The Labute approximate surface area is 141 Å². The van der Waals surface area contributed by atoms with Gasteiger partial charge in [0.15, 0.2) is 0 Å². The van der Waals surface area contributed by atoms with Gasteiger partial charge in [0, 0.05) is 17.3 Å². The molecule has 0 saturated heterocycles. The molecule has 1 aliphatic carbocycles. The van der Waals surface area contributed by atoms with Crippen LogP contribution in [0.25, 0.3) is 0 Å². The number of carbonyl (C=O) groups is 2. The second-order valence-electron chi connectivity index (χ2n) is 6.24. The second-order valence-corrected chi connectivity index (χ2v) is 6.24. The Hall–Kier alpha value is -2.69. The lowest BCUT2D eigenvalue weighted by Crippen LogP contribution is -2.27. The van der Waals surface area contributed by atoms with E-state index in [1.165, 1.54) is 0 Å². The summed E-state index contributed by atoms with van der Waals surface area (Å²) in [6, 6.07) is 12.8. The normalized spacial score (nSPS) is 14.8. The molecule has 1 aromatic heterocycles. The first-order valence-corrected chi connectivity index (χ1v) is 8.18. The number of nitrogens with zero attached hydrogens (tertiary/aromatic N) is 1. The monoisotopic (exact) mass is 323 g/mol. The van der Waals surface area contributed by atoms with E-state index >= 15 is 0 Å². The number of benzene rings is 1. The maximum absolute atomic E-state index is 12.2. The van der Waals surface area contributed by atoms with Crippen LogP contribution >= 0.6 is 0 Å². The van der Waals surface area contributed by atoms with Gasteiger partial charge in [0.05, 0.1) is 6.04 Å². The van der Waals surface area contributed by atoms with E-state index in [1.807, 2.05) is 50.2 Å². The predicted molar refractivity (Wildman–Crippen MR) is 92.7 cm³/mol. The van der Waals surface area contributed by atoms with Gasteiger partial charge in [-0.3, -0.25) is 9.59 Å². The Kier molecular flexibility index (Phi) is 4.60. The van der Waals surface area contributed by atoms with Crippen molar-refractivity contribution in [1.29, 1.82) is 0 Å². The van der Waals surface area contributed by atoms with Crippen molar-refractivity contribution in [2.45, 2.75) is 32.7 Å². The fourth-order valence-electron chi connectivity index (χ4n) is 2.47. The SMILES string of the molecule is Cc1cccc(C(=O)N[C@H](C)c2ccc(NC(=O)C3CC3)cc2)n1. The third-order valence-corrected chi connectivity index (χ3v) is 4.09. The van der Waals surface area contributed by atoms with Crippen LogP contribution in [-0.4, -0.2) is 16.8 Å². The Morgan fingerprint density at radius 1 is 1.12 bits per heavy atom. The van der Waals surface area contributed by atoms with E-state index in [1.54, 1.807) is 6.07 Å². The van der Waals surface area contributed by atoms with Gasteiger partial charge in [-0.2, -0.15) is 0 Å². The van der Waals surface area contributed by atoms with Crippen LogP contribution in [0, 0.1) is 12.8 Å². The fraction of sp³-hybridized carbons (Fsp3) is 0.316. The first-order valence-electron chi connectivity index (χ1n) is 8.18. The average Bonchev–Trinajstić information content (AvgIpc) is 3.40. The summed E-state index contributed by atoms with van der Waals surface area (Å²) in [5.74, 6) is 0.0802. The zero-order valence-corrected chi connectivity index (χ0v) is 13.9. The quantitative estimate of drug-likeness (QED) is 0.887. The van der Waals surface area contributed by atoms with Gasteiger partial charge in [-0.1, -0.05) is 18.2 Å². The molecule has 1 atom stereocenters. The molecule has 0 bridgehead atoms. The van der Waals surface area contributed by atoms with Gasteiger partial charge < -0.3 is 10.6 Å². The van der Waals surface area contributed by atoms with Gasteiger partial charge in [0.2, 0.25) is 5.91 Å². The summed E-state index contributed by atoms with van der Waals surface area (Å²) in [4.78, 5) is 28.2. The average molecular weight is 323 g/mol. The molecule has 124 valence electrons. The summed E-state index contributed by atoms with van der Waals surface area (Å²) in [5.41, 5.74) is 2.98. The Morgan fingerprint density at radius 3 is 2.46 bits per heavy atom. The summed E-state index contributed by atoms with van der Waals surface area (Å²) >= 11 is 0. The molecule has 0 spiro atoms. The van der Waals surface area contributed by atoms with Crippen LogP contribution < -0.4 is 10.6 Å². The van der Waals surface area contributed by atoms with E-state index < -0.39 is 0 Å². The Morgan fingerprint density at radius 2 is 1.83 bits per heavy atom. The lowest BCUT2D eigenvalue weighted by molar-refractivity contribution is -0.117. The number of aromatic nitrogens is 1. The smallest absolute Gasteiger partial charge is 0.270 e. The molecule has 0 radical (unpaired) electrons. The number of rotatable bonds is 5. The molecule has 5 heteroatoms. The number of nitrogens with one attached hydrogen (secondary N) is 2. The minimum atomic E-state index is -0.197. The summed E-state index contributed by atoms with van der Waals surface area (Å²) in [6.45, 7) is 3.78. The molecule has 24 heavy (non-hydrogen) atoms. The summed E-state index contributed by atoms with van der Waals surface area (Å²) in [6.07, 6.45) is 1.97. The molecule has 2 N–H and O–H groups in total. The van der Waals surface area contributed by atoms with Crippen LogP contribution in [-0.2, 0) is 4.79 Å². The molecule has 1 aliphatic rings.